The summed E-state index contributed by atoms with van der Waals surface area (Å²) in [5, 5.41) is 18.6. The Hall–Kier alpha value is -3.88. The van der Waals surface area contributed by atoms with E-state index in [1.807, 2.05) is 22.6 Å². The van der Waals surface area contributed by atoms with Gasteiger partial charge < -0.3 is 10.6 Å². The van der Waals surface area contributed by atoms with Crippen molar-refractivity contribution in [2.24, 2.45) is 0 Å². The van der Waals surface area contributed by atoms with Crippen LogP contribution >= 0.6 is 34.2 Å². The number of nitrogens with zero attached hydrogens (tertiary/aromatic N) is 7. The third-order valence-corrected chi connectivity index (χ3v) is 6.91. The number of amides is 2. The van der Waals surface area contributed by atoms with Crippen LogP contribution in [0.25, 0.3) is 5.82 Å². The normalized spacial score (nSPS) is 12.7. The van der Waals surface area contributed by atoms with E-state index in [0.717, 1.165) is 10.7 Å². The van der Waals surface area contributed by atoms with E-state index in [-0.39, 0.29) is 33.5 Å². The predicted molar refractivity (Wildman–Crippen MR) is 157 cm³/mol. The van der Waals surface area contributed by atoms with Crippen molar-refractivity contribution in [3.8, 4) is 5.82 Å². The Balaban J connectivity index is 1.73. The molecule has 0 aliphatic rings. The first-order chi connectivity index (χ1) is 21.1. The van der Waals surface area contributed by atoms with Crippen LogP contribution in [-0.4, -0.2) is 64.4 Å². The summed E-state index contributed by atoms with van der Waals surface area (Å²) in [6.45, 7) is 6.28. The van der Waals surface area contributed by atoms with Gasteiger partial charge in [-0.25, -0.2) is 9.67 Å². The highest BCUT2D eigenvalue weighted by Gasteiger charge is 2.75. The average Bonchev–Trinajstić information content (AvgIpc) is 3.56. The molecule has 0 fully saturated rings. The molecule has 0 unspecified atom stereocenters. The van der Waals surface area contributed by atoms with Gasteiger partial charge in [-0.05, 0) is 91.4 Å². The lowest BCUT2D eigenvalue weighted by atomic mass is 10.0. The van der Waals surface area contributed by atoms with Gasteiger partial charge in [0.2, 0.25) is 0 Å². The number of tetrazole rings is 1. The number of benzene rings is 1. The summed E-state index contributed by atoms with van der Waals surface area (Å²) in [6, 6.07) is 7.33. The van der Waals surface area contributed by atoms with Crippen molar-refractivity contribution in [2.45, 2.75) is 57.8 Å². The highest BCUT2D eigenvalue weighted by atomic mass is 127. The summed E-state index contributed by atoms with van der Waals surface area (Å²) in [6.07, 6.45) is -5.27. The molecule has 0 atom stereocenters. The van der Waals surface area contributed by atoms with Crippen molar-refractivity contribution in [2.75, 3.05) is 5.32 Å². The van der Waals surface area contributed by atoms with E-state index < -0.39 is 47.7 Å². The minimum absolute atomic E-state index is 0.0251. The molecule has 2 amide bonds. The zero-order valence-electron chi connectivity index (χ0n) is 24.0. The number of carbonyl (C=O) groups is 2. The zero-order chi connectivity index (χ0) is 34.4. The largest absolute Gasteiger partial charge is 0.460 e. The first-order valence-electron chi connectivity index (χ1n) is 12.9. The Kier molecular flexibility index (Phi) is 9.41. The molecule has 0 spiro atoms. The topological polar surface area (TPSA) is 133 Å². The van der Waals surface area contributed by atoms with Crippen molar-refractivity contribution >= 4 is 51.7 Å². The van der Waals surface area contributed by atoms with Gasteiger partial charge in [-0.1, -0.05) is 11.6 Å². The number of aromatic nitrogens is 7. The molecule has 0 radical (unpaired) electrons. The van der Waals surface area contributed by atoms with Crippen LogP contribution in [-0.2, 0) is 12.5 Å². The monoisotopic (exact) mass is 787 g/mol. The smallest absolute Gasteiger partial charge is 0.347 e. The summed E-state index contributed by atoms with van der Waals surface area (Å²) in [5.41, 5.74) is -0.192. The van der Waals surface area contributed by atoms with Gasteiger partial charge >= 0.3 is 18.0 Å². The molecule has 3 heterocycles. The number of hydrogen-bond acceptors (Lipinski definition) is 7. The van der Waals surface area contributed by atoms with Crippen molar-refractivity contribution in [1.82, 2.24) is 40.3 Å². The second kappa shape index (κ2) is 12.4. The molecule has 3 aromatic heterocycles. The second-order valence-corrected chi connectivity index (χ2v) is 12.5. The fraction of sp³-hybridized carbons (Fsp3) is 0.346. The first kappa shape index (κ1) is 35.0. The Morgan fingerprint density at radius 1 is 1.00 bits per heavy atom. The van der Waals surface area contributed by atoms with Gasteiger partial charge in [0.15, 0.2) is 5.82 Å². The summed E-state index contributed by atoms with van der Waals surface area (Å²) in [4.78, 5) is 31.2. The lowest BCUT2D eigenvalue weighted by molar-refractivity contribution is -0.361. The minimum Gasteiger partial charge on any atom is -0.347 e. The first-order valence-corrected chi connectivity index (χ1v) is 14.3. The number of pyridine rings is 1. The third kappa shape index (κ3) is 7.08. The number of aryl methyl sites for hydroxylation is 1. The molecule has 11 nitrogen and oxygen atoms in total. The van der Waals surface area contributed by atoms with Gasteiger partial charge in [-0.3, -0.25) is 9.59 Å². The zero-order valence-corrected chi connectivity index (χ0v) is 26.9. The molecule has 2 N–H and O–H groups in total. The van der Waals surface area contributed by atoms with Crippen LogP contribution in [0, 0.1) is 10.5 Å². The average molecular weight is 788 g/mol. The summed E-state index contributed by atoms with van der Waals surface area (Å²) in [5.74, 6) is -15.9. The lowest BCUT2D eigenvalue weighted by Gasteiger charge is -2.25. The second-order valence-electron chi connectivity index (χ2n) is 10.8. The molecule has 0 bridgehead atoms. The molecule has 0 saturated carbocycles. The maximum absolute atomic E-state index is 14.1. The number of alkyl halides is 7. The van der Waals surface area contributed by atoms with Crippen molar-refractivity contribution < 1.29 is 40.3 Å². The molecule has 46 heavy (non-hydrogen) atoms. The maximum Gasteiger partial charge on any atom is 0.460 e. The molecule has 4 rings (SSSR count). The van der Waals surface area contributed by atoms with Gasteiger partial charge in [0.25, 0.3) is 17.6 Å². The SMILES string of the molecule is Cc1cc(I)cc(C(=O)NC(C)(C)C)c1NC(=O)c1cc(Cn2nnc(C(F)(F)C(F)(F)C(F)(F)F)n2)nn1-c1ncccc1Cl. The van der Waals surface area contributed by atoms with Crippen LogP contribution in [0.5, 0.6) is 0 Å². The number of carbonyl (C=O) groups excluding carboxylic acids is 2. The highest BCUT2D eigenvalue weighted by Crippen LogP contribution is 2.50. The van der Waals surface area contributed by atoms with Gasteiger partial charge in [0, 0.05) is 15.3 Å². The van der Waals surface area contributed by atoms with Crippen LogP contribution in [0.4, 0.5) is 36.4 Å². The number of nitrogens with one attached hydrogen (secondary N) is 2. The third-order valence-electron chi connectivity index (χ3n) is 5.99. The van der Waals surface area contributed by atoms with Crippen molar-refractivity contribution in [3.63, 3.8) is 0 Å². The van der Waals surface area contributed by atoms with Crippen molar-refractivity contribution in [1.29, 1.82) is 0 Å². The Labute approximate surface area is 274 Å². The van der Waals surface area contributed by atoms with Crippen LogP contribution in [0.2, 0.25) is 5.02 Å². The maximum atomic E-state index is 14.1. The highest BCUT2D eigenvalue weighted by molar-refractivity contribution is 14.1. The number of hydrogen-bond donors (Lipinski definition) is 2. The lowest BCUT2D eigenvalue weighted by Crippen LogP contribution is -2.50. The van der Waals surface area contributed by atoms with E-state index in [1.165, 1.54) is 18.3 Å². The minimum atomic E-state index is -6.60. The molecule has 246 valence electrons. The fourth-order valence-electron chi connectivity index (χ4n) is 3.94. The molecule has 0 aliphatic carbocycles. The summed E-state index contributed by atoms with van der Waals surface area (Å²) >= 11 is 8.29. The molecule has 1 aromatic carbocycles. The van der Waals surface area contributed by atoms with Crippen LogP contribution in [0.15, 0.2) is 36.5 Å². The summed E-state index contributed by atoms with van der Waals surface area (Å²) in [7, 11) is 0. The Morgan fingerprint density at radius 3 is 2.28 bits per heavy atom. The van der Waals surface area contributed by atoms with Crippen LogP contribution in [0.3, 0.4) is 0 Å². The van der Waals surface area contributed by atoms with E-state index in [9.17, 15) is 40.3 Å². The Bertz CT molecular complexity index is 1800. The molecular weight excluding hydrogens is 766 g/mol. The Morgan fingerprint density at radius 2 is 1.67 bits per heavy atom. The van der Waals surface area contributed by atoms with E-state index in [2.05, 4.69) is 36.1 Å². The number of rotatable bonds is 8. The van der Waals surface area contributed by atoms with E-state index in [0.29, 0.717) is 13.9 Å². The predicted octanol–water partition coefficient (Wildman–Crippen LogP) is 5.94. The van der Waals surface area contributed by atoms with Gasteiger partial charge in [0.05, 0.1) is 22.0 Å². The van der Waals surface area contributed by atoms with Gasteiger partial charge in [-0.2, -0.15) is 40.6 Å². The molecular formula is C26H22ClF7IN9O2. The molecule has 20 heteroatoms. The van der Waals surface area contributed by atoms with Gasteiger partial charge in [0.1, 0.15) is 12.2 Å². The van der Waals surface area contributed by atoms with E-state index in [4.69, 9.17) is 11.6 Å². The quantitative estimate of drug-likeness (QED) is 0.167. The number of halogens is 9. The van der Waals surface area contributed by atoms with Crippen molar-refractivity contribution in [3.05, 3.63) is 73.5 Å². The fourth-order valence-corrected chi connectivity index (χ4v) is 4.92. The van der Waals surface area contributed by atoms with E-state index in [1.54, 1.807) is 39.8 Å². The number of anilines is 1. The molecule has 0 aliphatic heterocycles. The van der Waals surface area contributed by atoms with Crippen LogP contribution < -0.4 is 10.6 Å². The summed E-state index contributed by atoms with van der Waals surface area (Å²) < 4.78 is 94.7. The standard InChI is InChI=1S/C26H22ClF7IN9O2/c1-12-8-13(35)9-15(20(45)38-23(2,3)4)18(12)37-21(46)17-10-14(40-44(17)19-16(27)6-5-7-36-19)11-43-41-22(39-42-43)24(28,29)25(30,31)26(32,33)34/h5-10H,11H2,1-4H3,(H,37,46)(H,38,45). The molecule has 0 saturated heterocycles. The molecule has 4 aromatic rings. The van der Waals surface area contributed by atoms with Crippen LogP contribution in [0.1, 0.15) is 58.7 Å². The van der Waals surface area contributed by atoms with Gasteiger partial charge in [-0.15, -0.1) is 10.2 Å². The van der Waals surface area contributed by atoms with E-state index >= 15 is 0 Å².